The summed E-state index contributed by atoms with van der Waals surface area (Å²) < 4.78 is 7.88. The van der Waals surface area contributed by atoms with Crippen LogP contribution in [0.4, 0.5) is 5.69 Å². The lowest BCUT2D eigenvalue weighted by Gasteiger charge is -2.12. The summed E-state index contributed by atoms with van der Waals surface area (Å²) in [5.74, 6) is 1.15. The Morgan fingerprint density at radius 1 is 1.10 bits per heavy atom. The van der Waals surface area contributed by atoms with Gasteiger partial charge in [0, 0.05) is 22.8 Å². The fraction of sp³-hybridized carbons (Fsp3) is 0.172. The van der Waals surface area contributed by atoms with Crippen molar-refractivity contribution in [2.45, 2.75) is 37.0 Å². The molecule has 39 heavy (non-hydrogen) atoms. The number of nitrogens with one attached hydrogen (secondary N) is 2. The van der Waals surface area contributed by atoms with Crippen LogP contribution in [0.1, 0.15) is 23.9 Å². The number of hydrazone groups is 1. The van der Waals surface area contributed by atoms with Crippen LogP contribution in [0.15, 0.2) is 102 Å². The van der Waals surface area contributed by atoms with E-state index in [1.54, 1.807) is 19.2 Å². The third kappa shape index (κ3) is 8.20. The van der Waals surface area contributed by atoms with Crippen LogP contribution >= 0.6 is 23.4 Å². The molecule has 0 spiro atoms. The highest BCUT2D eigenvalue weighted by Crippen LogP contribution is 2.23. The minimum absolute atomic E-state index is 0.257. The van der Waals surface area contributed by atoms with Gasteiger partial charge in [-0.15, -0.1) is 16.8 Å². The lowest BCUT2D eigenvalue weighted by Crippen LogP contribution is -2.27. The van der Waals surface area contributed by atoms with E-state index in [4.69, 9.17) is 16.3 Å². The Hall–Kier alpha value is -4.08. The van der Waals surface area contributed by atoms with Crippen LogP contribution in [0.3, 0.4) is 0 Å². The molecule has 4 rings (SSSR count). The number of halogens is 1. The van der Waals surface area contributed by atoms with Crippen molar-refractivity contribution >= 4 is 41.2 Å². The predicted octanol–water partition coefficient (Wildman–Crippen LogP) is 5.94. The standard InChI is InChI=1S/C29H29ClN6O2S/c1-3-17-36-27(19-31-25-15-13-24(30)14-16-25)33-35-29(36)39-21(2)28(37)34-32-18-23-11-7-8-12-26(23)38-20-22-9-5-4-6-10-22/h3-16,18,21,31H,1,17,19-20H2,2H3,(H,34,37)/t21-/m1/s1. The summed E-state index contributed by atoms with van der Waals surface area (Å²) in [7, 11) is 0. The van der Waals surface area contributed by atoms with Gasteiger partial charge in [0.15, 0.2) is 11.0 Å². The Kier molecular flexibility index (Phi) is 10.2. The summed E-state index contributed by atoms with van der Waals surface area (Å²) >= 11 is 7.26. The summed E-state index contributed by atoms with van der Waals surface area (Å²) in [5, 5.41) is 16.9. The van der Waals surface area contributed by atoms with E-state index in [-0.39, 0.29) is 5.91 Å². The molecule has 0 unspecified atom stereocenters. The summed E-state index contributed by atoms with van der Waals surface area (Å²) in [6.45, 7) is 7.04. The van der Waals surface area contributed by atoms with Gasteiger partial charge in [0.25, 0.3) is 5.91 Å². The average Bonchev–Trinajstić information content (AvgIpc) is 3.33. The van der Waals surface area contributed by atoms with Crippen LogP contribution in [0.25, 0.3) is 0 Å². The van der Waals surface area contributed by atoms with E-state index >= 15 is 0 Å². The van der Waals surface area contributed by atoms with E-state index in [9.17, 15) is 4.79 Å². The van der Waals surface area contributed by atoms with E-state index in [0.717, 1.165) is 22.6 Å². The van der Waals surface area contributed by atoms with Gasteiger partial charge in [-0.1, -0.05) is 71.9 Å². The number of aromatic nitrogens is 3. The van der Waals surface area contributed by atoms with Crippen LogP contribution in [-0.4, -0.2) is 32.1 Å². The van der Waals surface area contributed by atoms with E-state index in [1.165, 1.54) is 11.8 Å². The van der Waals surface area contributed by atoms with Crippen molar-refractivity contribution in [3.63, 3.8) is 0 Å². The first-order valence-electron chi connectivity index (χ1n) is 12.3. The molecular formula is C29H29ClN6O2S. The van der Waals surface area contributed by atoms with Crippen LogP contribution in [0, 0.1) is 0 Å². The largest absolute Gasteiger partial charge is 0.488 e. The predicted molar refractivity (Wildman–Crippen MR) is 157 cm³/mol. The fourth-order valence-electron chi connectivity index (χ4n) is 3.52. The minimum Gasteiger partial charge on any atom is -0.488 e. The number of hydrogen-bond acceptors (Lipinski definition) is 7. The summed E-state index contributed by atoms with van der Waals surface area (Å²) in [5.41, 5.74) is 5.36. The zero-order valence-electron chi connectivity index (χ0n) is 21.5. The molecule has 3 aromatic carbocycles. The first kappa shape index (κ1) is 27.9. The molecule has 0 fully saturated rings. The molecule has 1 aromatic heterocycles. The number of allylic oxidation sites excluding steroid dienone is 1. The van der Waals surface area contributed by atoms with Crippen molar-refractivity contribution in [1.29, 1.82) is 0 Å². The lowest BCUT2D eigenvalue weighted by molar-refractivity contribution is -0.120. The normalized spacial score (nSPS) is 11.7. The Morgan fingerprint density at radius 3 is 2.62 bits per heavy atom. The quantitative estimate of drug-likeness (QED) is 0.0909. The topological polar surface area (TPSA) is 93.4 Å². The van der Waals surface area contributed by atoms with Gasteiger partial charge >= 0.3 is 0 Å². The number of rotatable bonds is 13. The second-order valence-electron chi connectivity index (χ2n) is 8.46. The van der Waals surface area contributed by atoms with Gasteiger partial charge in [-0.25, -0.2) is 5.43 Å². The third-order valence-corrected chi connectivity index (χ3v) is 6.92. The molecular weight excluding hydrogens is 532 g/mol. The number of para-hydroxylation sites is 1. The molecule has 200 valence electrons. The van der Waals surface area contributed by atoms with Crippen LogP contribution in [0.2, 0.25) is 5.02 Å². The number of benzene rings is 3. The Bertz CT molecular complexity index is 1410. The molecule has 8 nitrogen and oxygen atoms in total. The number of hydrogen-bond donors (Lipinski definition) is 2. The molecule has 0 aliphatic rings. The average molecular weight is 561 g/mol. The van der Waals surface area contributed by atoms with Crippen molar-refractivity contribution in [3.05, 3.63) is 113 Å². The highest BCUT2D eigenvalue weighted by Gasteiger charge is 2.19. The van der Waals surface area contributed by atoms with E-state index in [2.05, 4.69) is 32.6 Å². The number of amides is 1. The number of ether oxygens (including phenoxy) is 1. The zero-order chi connectivity index (χ0) is 27.5. The molecule has 10 heteroatoms. The van der Waals surface area contributed by atoms with Gasteiger partial charge in [0.2, 0.25) is 0 Å². The molecule has 0 radical (unpaired) electrons. The van der Waals surface area contributed by atoms with E-state index in [1.807, 2.05) is 83.4 Å². The van der Waals surface area contributed by atoms with Crippen LogP contribution < -0.4 is 15.5 Å². The molecule has 0 saturated heterocycles. The fourth-order valence-corrected chi connectivity index (χ4v) is 4.52. The minimum atomic E-state index is -0.462. The molecule has 0 aliphatic heterocycles. The lowest BCUT2D eigenvalue weighted by atomic mass is 10.2. The van der Waals surface area contributed by atoms with Gasteiger partial charge in [-0.05, 0) is 48.9 Å². The van der Waals surface area contributed by atoms with Crippen molar-refractivity contribution in [2.75, 3.05) is 5.32 Å². The second-order valence-corrected chi connectivity index (χ2v) is 10.2. The Balaban J connectivity index is 1.33. The Morgan fingerprint density at radius 2 is 1.85 bits per heavy atom. The number of carbonyl (C=O) groups is 1. The third-order valence-electron chi connectivity index (χ3n) is 5.59. The monoisotopic (exact) mass is 560 g/mol. The first-order chi connectivity index (χ1) is 19.0. The van der Waals surface area contributed by atoms with E-state index in [0.29, 0.717) is 35.6 Å². The van der Waals surface area contributed by atoms with Crippen LogP contribution in [-0.2, 0) is 24.5 Å². The summed E-state index contributed by atoms with van der Waals surface area (Å²) in [6, 6.07) is 24.9. The van der Waals surface area contributed by atoms with Crippen molar-refractivity contribution in [2.24, 2.45) is 5.10 Å². The maximum absolute atomic E-state index is 12.8. The molecule has 4 aromatic rings. The Labute approximate surface area is 237 Å². The highest BCUT2D eigenvalue weighted by molar-refractivity contribution is 8.00. The number of thioether (sulfide) groups is 1. The van der Waals surface area contributed by atoms with Gasteiger partial charge in [0.05, 0.1) is 18.0 Å². The summed E-state index contributed by atoms with van der Waals surface area (Å²) in [4.78, 5) is 12.8. The first-order valence-corrected chi connectivity index (χ1v) is 13.6. The number of carbonyl (C=O) groups excluding carboxylic acids is 1. The molecule has 0 aliphatic carbocycles. The smallest absolute Gasteiger partial charge is 0.253 e. The number of anilines is 1. The molecule has 1 amide bonds. The molecule has 1 heterocycles. The van der Waals surface area contributed by atoms with Crippen molar-refractivity contribution in [3.8, 4) is 5.75 Å². The highest BCUT2D eigenvalue weighted by atomic mass is 35.5. The zero-order valence-corrected chi connectivity index (χ0v) is 23.0. The van der Waals surface area contributed by atoms with Gasteiger partial charge < -0.3 is 14.6 Å². The molecule has 0 saturated carbocycles. The second kappa shape index (κ2) is 14.2. The van der Waals surface area contributed by atoms with Crippen LogP contribution in [0.5, 0.6) is 5.75 Å². The SMILES string of the molecule is C=CCn1c(CNc2ccc(Cl)cc2)nnc1S[C@H](C)C(=O)NN=Cc1ccccc1OCc1ccccc1. The van der Waals surface area contributed by atoms with Crippen molar-refractivity contribution < 1.29 is 9.53 Å². The molecule has 1 atom stereocenters. The number of nitrogens with zero attached hydrogens (tertiary/aromatic N) is 4. The van der Waals surface area contributed by atoms with Crippen molar-refractivity contribution in [1.82, 2.24) is 20.2 Å². The maximum atomic E-state index is 12.8. The molecule has 0 bridgehead atoms. The summed E-state index contributed by atoms with van der Waals surface area (Å²) in [6.07, 6.45) is 3.35. The van der Waals surface area contributed by atoms with Gasteiger partial charge in [-0.3, -0.25) is 4.79 Å². The van der Waals surface area contributed by atoms with E-state index < -0.39 is 5.25 Å². The molecule has 2 N–H and O–H groups in total. The van der Waals surface area contributed by atoms with Gasteiger partial charge in [-0.2, -0.15) is 5.10 Å². The maximum Gasteiger partial charge on any atom is 0.253 e. The van der Waals surface area contributed by atoms with Gasteiger partial charge in [0.1, 0.15) is 12.4 Å².